The highest BCUT2D eigenvalue weighted by Gasteiger charge is 1.99. The Kier molecular flexibility index (Phi) is 2.85. The van der Waals surface area contributed by atoms with Gasteiger partial charge in [0, 0.05) is 4.47 Å². The highest BCUT2D eigenvalue weighted by molar-refractivity contribution is 9.10. The van der Waals surface area contributed by atoms with Crippen molar-refractivity contribution in [2.24, 2.45) is 0 Å². The minimum Gasteiger partial charge on any atom is -0.198 e. The zero-order valence-electron chi connectivity index (χ0n) is 6.21. The first kappa shape index (κ1) is 8.77. The third-order valence-corrected chi connectivity index (χ3v) is 2.09. The molecule has 0 spiro atoms. The van der Waals surface area contributed by atoms with Crippen LogP contribution < -0.4 is 0 Å². The lowest BCUT2D eigenvalue weighted by molar-refractivity contribution is 1.25. The van der Waals surface area contributed by atoms with Crippen LogP contribution in [0.15, 0.2) is 22.7 Å². The van der Waals surface area contributed by atoms with Crippen molar-refractivity contribution in [3.63, 3.8) is 0 Å². The van der Waals surface area contributed by atoms with Gasteiger partial charge in [-0.05, 0) is 33.6 Å². The zero-order chi connectivity index (χ0) is 8.97. The molecule has 0 radical (unpaired) electrons. The molecule has 0 aliphatic carbocycles. The van der Waals surface area contributed by atoms with Gasteiger partial charge in [-0.3, -0.25) is 0 Å². The van der Waals surface area contributed by atoms with Gasteiger partial charge in [0.2, 0.25) is 0 Å². The second kappa shape index (κ2) is 3.90. The molecule has 0 aliphatic heterocycles. The summed E-state index contributed by atoms with van der Waals surface area (Å²) >= 11 is 3.25. The maximum atomic E-state index is 8.59. The fourth-order valence-electron chi connectivity index (χ4n) is 0.851. The van der Waals surface area contributed by atoms with E-state index in [4.69, 9.17) is 10.5 Å². The molecule has 0 heterocycles. The van der Waals surface area contributed by atoms with Crippen LogP contribution in [0.5, 0.6) is 0 Å². The smallest absolute Gasteiger partial charge is 0.100 e. The monoisotopic (exact) mass is 220 g/mol. The average Bonchev–Trinajstić information content (AvgIpc) is 2.05. The van der Waals surface area contributed by atoms with Crippen LogP contribution in [0, 0.1) is 22.7 Å². The highest BCUT2D eigenvalue weighted by atomic mass is 79.9. The van der Waals surface area contributed by atoms with E-state index >= 15 is 0 Å². The van der Waals surface area contributed by atoms with E-state index in [2.05, 4.69) is 15.9 Å². The Morgan fingerprint density at radius 2 is 2.08 bits per heavy atom. The second-order valence-corrected chi connectivity index (χ2v) is 3.12. The van der Waals surface area contributed by atoms with Crippen molar-refractivity contribution in [2.75, 3.05) is 0 Å². The van der Waals surface area contributed by atoms with Gasteiger partial charge in [0.05, 0.1) is 18.1 Å². The molecule has 0 aromatic heterocycles. The first-order chi connectivity index (χ1) is 5.77. The van der Waals surface area contributed by atoms with Crippen molar-refractivity contribution in [3.8, 4) is 12.1 Å². The third-order valence-electron chi connectivity index (χ3n) is 1.44. The molecule has 0 fully saturated rings. The van der Waals surface area contributed by atoms with Crippen molar-refractivity contribution in [1.82, 2.24) is 0 Å². The molecule has 3 heteroatoms. The number of hydrogen-bond acceptors (Lipinski definition) is 2. The SMILES string of the molecule is N#CCc1ccc(C#N)c(Br)c1. The molecule has 12 heavy (non-hydrogen) atoms. The molecule has 0 aliphatic rings. The maximum absolute atomic E-state index is 8.59. The minimum absolute atomic E-state index is 0.379. The molecule has 0 saturated heterocycles. The molecule has 1 aromatic rings. The topological polar surface area (TPSA) is 47.6 Å². The van der Waals surface area contributed by atoms with Crippen LogP contribution in [-0.2, 0) is 6.42 Å². The fraction of sp³-hybridized carbons (Fsp3) is 0.111. The minimum atomic E-state index is 0.379. The standard InChI is InChI=1S/C9H5BrN2/c10-9-5-7(3-4-11)1-2-8(9)6-12/h1-2,5H,3H2. The van der Waals surface area contributed by atoms with E-state index in [1.165, 1.54) is 0 Å². The van der Waals surface area contributed by atoms with E-state index in [-0.39, 0.29) is 0 Å². The van der Waals surface area contributed by atoms with Crippen LogP contribution in [0.3, 0.4) is 0 Å². The summed E-state index contributed by atoms with van der Waals surface area (Å²) in [5.74, 6) is 0. The van der Waals surface area contributed by atoms with Crippen molar-refractivity contribution >= 4 is 15.9 Å². The number of rotatable bonds is 1. The van der Waals surface area contributed by atoms with Gasteiger partial charge in [-0.15, -0.1) is 0 Å². The van der Waals surface area contributed by atoms with Gasteiger partial charge in [-0.2, -0.15) is 10.5 Å². The lowest BCUT2D eigenvalue weighted by Crippen LogP contribution is -1.83. The Morgan fingerprint density at radius 1 is 1.33 bits per heavy atom. The predicted octanol–water partition coefficient (Wildman–Crippen LogP) is 2.39. The molecule has 58 valence electrons. The summed E-state index contributed by atoms with van der Waals surface area (Å²) in [6.45, 7) is 0. The zero-order valence-corrected chi connectivity index (χ0v) is 7.80. The van der Waals surface area contributed by atoms with Crippen molar-refractivity contribution in [3.05, 3.63) is 33.8 Å². The summed E-state index contributed by atoms with van der Waals surface area (Å²) < 4.78 is 0.748. The second-order valence-electron chi connectivity index (χ2n) is 2.26. The van der Waals surface area contributed by atoms with Gasteiger partial charge in [-0.1, -0.05) is 6.07 Å². The van der Waals surface area contributed by atoms with E-state index in [0.29, 0.717) is 12.0 Å². The summed E-state index contributed by atoms with van der Waals surface area (Å²) in [4.78, 5) is 0. The molecular formula is C9H5BrN2. The van der Waals surface area contributed by atoms with E-state index in [0.717, 1.165) is 10.0 Å². The predicted molar refractivity (Wildman–Crippen MR) is 48.2 cm³/mol. The number of nitrogens with zero attached hydrogens (tertiary/aromatic N) is 2. The Balaban J connectivity index is 3.06. The molecule has 0 amide bonds. The summed E-state index contributed by atoms with van der Waals surface area (Å²) in [6.07, 6.45) is 0.379. The van der Waals surface area contributed by atoms with Crippen LogP contribution in [0.25, 0.3) is 0 Å². The Labute approximate surface area is 79.2 Å². The van der Waals surface area contributed by atoms with Crippen LogP contribution in [0.1, 0.15) is 11.1 Å². The molecule has 2 nitrogen and oxygen atoms in total. The summed E-state index contributed by atoms with van der Waals surface area (Å²) in [5, 5.41) is 17.0. The van der Waals surface area contributed by atoms with Crippen LogP contribution in [0.2, 0.25) is 0 Å². The molecule has 1 aromatic carbocycles. The van der Waals surface area contributed by atoms with Gasteiger partial charge in [0.25, 0.3) is 0 Å². The van der Waals surface area contributed by atoms with Gasteiger partial charge in [-0.25, -0.2) is 0 Å². The van der Waals surface area contributed by atoms with Crippen molar-refractivity contribution in [2.45, 2.75) is 6.42 Å². The van der Waals surface area contributed by atoms with E-state index in [1.807, 2.05) is 12.1 Å². The molecule has 0 unspecified atom stereocenters. The van der Waals surface area contributed by atoms with Crippen LogP contribution in [0.4, 0.5) is 0 Å². The van der Waals surface area contributed by atoms with Gasteiger partial charge >= 0.3 is 0 Å². The first-order valence-electron chi connectivity index (χ1n) is 3.33. The molecule has 0 atom stereocenters. The Bertz CT molecular complexity index is 371. The van der Waals surface area contributed by atoms with E-state index in [1.54, 1.807) is 18.2 Å². The highest BCUT2D eigenvalue weighted by Crippen LogP contribution is 2.17. The number of hydrogen-bond donors (Lipinski definition) is 0. The number of halogens is 1. The van der Waals surface area contributed by atoms with Crippen LogP contribution >= 0.6 is 15.9 Å². The molecular weight excluding hydrogens is 216 g/mol. The maximum Gasteiger partial charge on any atom is 0.100 e. The Morgan fingerprint density at radius 3 is 2.58 bits per heavy atom. The fourth-order valence-corrected chi connectivity index (χ4v) is 1.37. The quantitative estimate of drug-likeness (QED) is 0.730. The number of benzene rings is 1. The van der Waals surface area contributed by atoms with Gasteiger partial charge in [0.15, 0.2) is 0 Å². The largest absolute Gasteiger partial charge is 0.198 e. The lowest BCUT2D eigenvalue weighted by Gasteiger charge is -1.96. The van der Waals surface area contributed by atoms with Crippen molar-refractivity contribution in [1.29, 1.82) is 10.5 Å². The normalized spacial score (nSPS) is 8.58. The molecule has 0 N–H and O–H groups in total. The molecule has 0 saturated carbocycles. The number of nitriles is 2. The van der Waals surface area contributed by atoms with Crippen molar-refractivity contribution < 1.29 is 0 Å². The first-order valence-corrected chi connectivity index (χ1v) is 4.12. The molecule has 1 rings (SSSR count). The van der Waals surface area contributed by atoms with Gasteiger partial charge in [0.1, 0.15) is 6.07 Å². The molecule has 0 bridgehead atoms. The lowest BCUT2D eigenvalue weighted by atomic mass is 10.1. The Hall–Kier alpha value is -1.32. The summed E-state index contributed by atoms with van der Waals surface area (Å²) in [7, 11) is 0. The van der Waals surface area contributed by atoms with Crippen LogP contribution in [-0.4, -0.2) is 0 Å². The van der Waals surface area contributed by atoms with E-state index < -0.39 is 0 Å². The van der Waals surface area contributed by atoms with E-state index in [9.17, 15) is 0 Å². The average molecular weight is 221 g/mol. The van der Waals surface area contributed by atoms with Gasteiger partial charge < -0.3 is 0 Å². The summed E-state index contributed by atoms with van der Waals surface area (Å²) in [6, 6.07) is 9.36. The third kappa shape index (κ3) is 1.84. The summed E-state index contributed by atoms with van der Waals surface area (Å²) in [5.41, 5.74) is 1.51.